The standard InChI is InChI=1S/C19H21N5O2/c1-24-15-6-4-3-5-14(15)23-18(24)16(26-2)19(25)22-11-12-7-9-13(10-8-12)17(20)21/h3-10,16H,11H2,1-2H3,(H3,20,21)(H,22,25). The van der Waals surface area contributed by atoms with Crippen LogP contribution in [-0.2, 0) is 23.1 Å². The Balaban J connectivity index is 1.74. The lowest BCUT2D eigenvalue weighted by atomic mass is 10.1. The second kappa shape index (κ2) is 7.37. The highest BCUT2D eigenvalue weighted by Gasteiger charge is 2.25. The summed E-state index contributed by atoms with van der Waals surface area (Å²) in [5.41, 5.74) is 8.76. The van der Waals surface area contributed by atoms with Gasteiger partial charge < -0.3 is 20.4 Å². The summed E-state index contributed by atoms with van der Waals surface area (Å²) in [4.78, 5) is 17.1. The zero-order valence-electron chi connectivity index (χ0n) is 14.7. The summed E-state index contributed by atoms with van der Waals surface area (Å²) < 4.78 is 7.27. The Bertz CT molecular complexity index is 946. The van der Waals surface area contributed by atoms with Gasteiger partial charge in [-0.15, -0.1) is 0 Å². The van der Waals surface area contributed by atoms with E-state index >= 15 is 0 Å². The third-order valence-electron chi connectivity index (χ3n) is 4.26. The molecule has 0 aliphatic heterocycles. The van der Waals surface area contributed by atoms with E-state index in [1.54, 1.807) is 12.1 Å². The molecule has 2 aromatic carbocycles. The summed E-state index contributed by atoms with van der Waals surface area (Å²) in [6.07, 6.45) is -0.802. The van der Waals surface area contributed by atoms with Gasteiger partial charge in [0, 0.05) is 26.3 Å². The Morgan fingerprint density at radius 2 is 1.96 bits per heavy atom. The van der Waals surface area contributed by atoms with E-state index in [-0.39, 0.29) is 11.7 Å². The molecule has 3 aromatic rings. The highest BCUT2D eigenvalue weighted by molar-refractivity contribution is 5.94. The fourth-order valence-electron chi connectivity index (χ4n) is 2.81. The number of nitrogens with zero attached hydrogens (tertiary/aromatic N) is 2. The molecule has 0 saturated heterocycles. The number of nitrogen functional groups attached to an aromatic ring is 1. The number of rotatable bonds is 6. The van der Waals surface area contributed by atoms with E-state index in [4.69, 9.17) is 15.9 Å². The van der Waals surface area contributed by atoms with Gasteiger partial charge in [-0.25, -0.2) is 4.98 Å². The first-order valence-corrected chi connectivity index (χ1v) is 8.16. The second-order valence-electron chi connectivity index (χ2n) is 5.96. The molecule has 0 saturated carbocycles. The number of ether oxygens (including phenoxy) is 1. The number of benzene rings is 2. The predicted molar refractivity (Wildman–Crippen MR) is 99.8 cm³/mol. The maximum absolute atomic E-state index is 12.6. The second-order valence-corrected chi connectivity index (χ2v) is 5.96. The Kier molecular flexibility index (Phi) is 4.99. The number of carbonyl (C=O) groups is 1. The lowest BCUT2D eigenvalue weighted by Crippen LogP contribution is -2.31. The molecule has 26 heavy (non-hydrogen) atoms. The van der Waals surface area contributed by atoms with Crippen molar-refractivity contribution in [3.8, 4) is 0 Å². The summed E-state index contributed by atoms with van der Waals surface area (Å²) >= 11 is 0. The zero-order valence-corrected chi connectivity index (χ0v) is 14.7. The van der Waals surface area contributed by atoms with Gasteiger partial charge in [-0.3, -0.25) is 10.2 Å². The van der Waals surface area contributed by atoms with Crippen LogP contribution in [0.2, 0.25) is 0 Å². The molecule has 1 unspecified atom stereocenters. The Labute approximate surface area is 151 Å². The minimum absolute atomic E-state index is 0.0156. The molecule has 1 heterocycles. The fourth-order valence-corrected chi connectivity index (χ4v) is 2.81. The van der Waals surface area contributed by atoms with Crippen LogP contribution < -0.4 is 11.1 Å². The van der Waals surface area contributed by atoms with E-state index < -0.39 is 6.10 Å². The minimum atomic E-state index is -0.802. The number of para-hydroxylation sites is 2. The minimum Gasteiger partial charge on any atom is -0.384 e. The van der Waals surface area contributed by atoms with Gasteiger partial charge in [0.1, 0.15) is 11.7 Å². The van der Waals surface area contributed by atoms with Crippen molar-refractivity contribution in [3.05, 3.63) is 65.5 Å². The van der Waals surface area contributed by atoms with Crippen LogP contribution in [0.3, 0.4) is 0 Å². The topological polar surface area (TPSA) is 106 Å². The summed E-state index contributed by atoms with van der Waals surface area (Å²) in [6, 6.07) is 14.9. The van der Waals surface area contributed by atoms with E-state index in [9.17, 15) is 4.79 Å². The molecule has 134 valence electrons. The number of aryl methyl sites for hydroxylation is 1. The first-order valence-electron chi connectivity index (χ1n) is 8.16. The highest BCUT2D eigenvalue weighted by Crippen LogP contribution is 2.21. The van der Waals surface area contributed by atoms with E-state index in [1.165, 1.54) is 7.11 Å². The molecule has 3 rings (SSSR count). The van der Waals surface area contributed by atoms with Gasteiger partial charge in [0.15, 0.2) is 6.10 Å². The Hall–Kier alpha value is -3.19. The first-order chi connectivity index (χ1) is 12.5. The fraction of sp³-hybridized carbons (Fsp3) is 0.211. The van der Waals surface area contributed by atoms with Crippen molar-refractivity contribution in [3.63, 3.8) is 0 Å². The molecule has 1 amide bonds. The Morgan fingerprint density at radius 3 is 2.58 bits per heavy atom. The average molecular weight is 351 g/mol. The van der Waals surface area contributed by atoms with Gasteiger partial charge in [0.05, 0.1) is 11.0 Å². The molecule has 0 radical (unpaired) electrons. The molecule has 7 heteroatoms. The van der Waals surface area contributed by atoms with Crippen LogP contribution in [0.1, 0.15) is 23.1 Å². The van der Waals surface area contributed by atoms with Crippen molar-refractivity contribution < 1.29 is 9.53 Å². The number of amides is 1. The highest BCUT2D eigenvalue weighted by atomic mass is 16.5. The van der Waals surface area contributed by atoms with Gasteiger partial charge in [-0.05, 0) is 17.7 Å². The van der Waals surface area contributed by atoms with Crippen molar-refractivity contribution in [1.82, 2.24) is 14.9 Å². The molecule has 7 nitrogen and oxygen atoms in total. The molecule has 0 fully saturated rings. The number of carbonyl (C=O) groups excluding carboxylic acids is 1. The third kappa shape index (κ3) is 3.43. The van der Waals surface area contributed by atoms with Crippen LogP contribution in [0.25, 0.3) is 11.0 Å². The van der Waals surface area contributed by atoms with Crippen LogP contribution >= 0.6 is 0 Å². The van der Waals surface area contributed by atoms with Crippen LogP contribution in [0.15, 0.2) is 48.5 Å². The van der Waals surface area contributed by atoms with Gasteiger partial charge in [0.25, 0.3) is 5.91 Å². The molecule has 0 aliphatic carbocycles. The van der Waals surface area contributed by atoms with Crippen molar-refractivity contribution in [2.24, 2.45) is 12.8 Å². The molecule has 1 aromatic heterocycles. The summed E-state index contributed by atoms with van der Waals surface area (Å²) in [5, 5.41) is 10.3. The first kappa shape index (κ1) is 17.6. The summed E-state index contributed by atoms with van der Waals surface area (Å²) in [6.45, 7) is 0.348. The van der Waals surface area contributed by atoms with Crippen LogP contribution in [0.5, 0.6) is 0 Å². The van der Waals surface area contributed by atoms with Crippen molar-refractivity contribution in [2.45, 2.75) is 12.6 Å². The number of hydrogen-bond donors (Lipinski definition) is 3. The Morgan fingerprint density at radius 1 is 1.27 bits per heavy atom. The number of imidazole rings is 1. The largest absolute Gasteiger partial charge is 0.384 e. The predicted octanol–water partition coefficient (Wildman–Crippen LogP) is 1.86. The van der Waals surface area contributed by atoms with Gasteiger partial charge in [-0.2, -0.15) is 0 Å². The molecule has 0 spiro atoms. The van der Waals surface area contributed by atoms with E-state index in [0.29, 0.717) is 17.9 Å². The lowest BCUT2D eigenvalue weighted by Gasteiger charge is -2.15. The number of amidine groups is 1. The third-order valence-corrected chi connectivity index (χ3v) is 4.26. The SMILES string of the molecule is COC(C(=O)NCc1ccc(C(=N)N)cc1)c1nc2ccccc2n1C. The number of nitrogens with one attached hydrogen (secondary N) is 2. The maximum Gasteiger partial charge on any atom is 0.257 e. The van der Waals surface area contributed by atoms with Gasteiger partial charge >= 0.3 is 0 Å². The number of nitrogens with two attached hydrogens (primary N) is 1. The van der Waals surface area contributed by atoms with Crippen LogP contribution in [0, 0.1) is 5.41 Å². The molecule has 0 bridgehead atoms. The van der Waals surface area contributed by atoms with Crippen LogP contribution in [0.4, 0.5) is 0 Å². The quantitative estimate of drug-likeness (QED) is 0.465. The zero-order chi connectivity index (χ0) is 18.7. The van der Waals surface area contributed by atoms with Crippen molar-refractivity contribution in [1.29, 1.82) is 5.41 Å². The molecule has 1 atom stereocenters. The summed E-state index contributed by atoms with van der Waals surface area (Å²) in [7, 11) is 3.36. The van der Waals surface area contributed by atoms with Crippen molar-refractivity contribution >= 4 is 22.8 Å². The summed E-state index contributed by atoms with van der Waals surface area (Å²) in [5.74, 6) is 0.307. The molecule has 0 aliphatic rings. The average Bonchev–Trinajstić information content (AvgIpc) is 2.98. The molecular formula is C19H21N5O2. The molecule has 4 N–H and O–H groups in total. The monoisotopic (exact) mass is 351 g/mol. The lowest BCUT2D eigenvalue weighted by molar-refractivity contribution is -0.132. The van der Waals surface area contributed by atoms with Gasteiger partial charge in [0.2, 0.25) is 0 Å². The number of methoxy groups -OCH3 is 1. The van der Waals surface area contributed by atoms with E-state index in [0.717, 1.165) is 16.6 Å². The number of fused-ring (bicyclic) bond motifs is 1. The number of aromatic nitrogens is 2. The molecular weight excluding hydrogens is 330 g/mol. The normalized spacial score (nSPS) is 12.1. The van der Waals surface area contributed by atoms with Gasteiger partial charge in [-0.1, -0.05) is 36.4 Å². The van der Waals surface area contributed by atoms with E-state index in [2.05, 4.69) is 10.3 Å². The van der Waals surface area contributed by atoms with E-state index in [1.807, 2.05) is 48.0 Å². The van der Waals surface area contributed by atoms with Crippen LogP contribution in [-0.4, -0.2) is 28.4 Å². The number of hydrogen-bond acceptors (Lipinski definition) is 4. The smallest absolute Gasteiger partial charge is 0.257 e. The van der Waals surface area contributed by atoms with Crippen molar-refractivity contribution in [2.75, 3.05) is 7.11 Å². The maximum atomic E-state index is 12.6.